The van der Waals surface area contributed by atoms with Gasteiger partial charge in [0.05, 0.1) is 41.9 Å². The van der Waals surface area contributed by atoms with Crippen molar-refractivity contribution in [3.05, 3.63) is 23.5 Å². The number of ketones is 2. The van der Waals surface area contributed by atoms with E-state index in [-0.39, 0.29) is 45.5 Å². The van der Waals surface area contributed by atoms with Gasteiger partial charge in [-0.2, -0.15) is 0 Å². The van der Waals surface area contributed by atoms with Crippen molar-refractivity contribution in [2.24, 2.45) is 29.6 Å². The number of fused-ring (bicyclic) bond motifs is 3. The summed E-state index contributed by atoms with van der Waals surface area (Å²) in [6.45, 7) is 10.4. The number of phenols is 3. The Bertz CT molecular complexity index is 1910. The Morgan fingerprint density at radius 3 is 2.23 bits per heavy atom. The number of carbonyl (C=O) groups is 4. The van der Waals surface area contributed by atoms with Crippen LogP contribution in [0.3, 0.4) is 0 Å². The number of aliphatic hydroxyl groups excluding tert-OH is 2. The van der Waals surface area contributed by atoms with Crippen LogP contribution in [0.4, 0.5) is 5.69 Å². The van der Waals surface area contributed by atoms with E-state index in [2.05, 4.69) is 5.32 Å². The second-order valence-electron chi connectivity index (χ2n) is 14.9. The molecule has 0 saturated heterocycles. The van der Waals surface area contributed by atoms with Gasteiger partial charge in [-0.25, -0.2) is 0 Å². The molecule has 3 aliphatic heterocycles. The zero-order valence-electron chi connectivity index (χ0n) is 30.2. The monoisotopic (exact) mass is 727 g/mol. The molecule has 52 heavy (non-hydrogen) atoms. The van der Waals surface area contributed by atoms with E-state index in [1.54, 1.807) is 20.8 Å². The third-order valence-corrected chi connectivity index (χ3v) is 11.3. The van der Waals surface area contributed by atoms with E-state index in [1.807, 2.05) is 0 Å². The highest BCUT2D eigenvalue weighted by Crippen LogP contribution is 2.59. The molecule has 11 atom stereocenters. The maximum Gasteiger partial charge on any atom is 0.312 e. The van der Waals surface area contributed by atoms with E-state index < -0.39 is 113 Å². The highest BCUT2D eigenvalue weighted by Gasteiger charge is 2.55. The zero-order valence-corrected chi connectivity index (χ0v) is 30.2. The normalized spacial score (nSPS) is 36.6. The number of ether oxygens (including phenoxy) is 5. The minimum absolute atomic E-state index is 0.0557. The van der Waals surface area contributed by atoms with E-state index in [1.165, 1.54) is 47.1 Å². The van der Waals surface area contributed by atoms with Crippen molar-refractivity contribution in [2.45, 2.75) is 97.1 Å². The average Bonchev–Trinajstić information content (AvgIpc) is 3.85. The minimum atomic E-state index is -2.05. The van der Waals surface area contributed by atoms with Crippen LogP contribution < -0.4 is 14.8 Å². The summed E-state index contributed by atoms with van der Waals surface area (Å²) in [4.78, 5) is 53.6. The number of hydrogen-bond acceptors (Lipinski definition) is 14. The summed E-state index contributed by atoms with van der Waals surface area (Å²) >= 11 is 0. The minimum Gasteiger partial charge on any atom is -0.507 e. The van der Waals surface area contributed by atoms with Gasteiger partial charge in [0.2, 0.25) is 0 Å². The lowest BCUT2D eigenvalue weighted by molar-refractivity contribution is -0.160. The van der Waals surface area contributed by atoms with Gasteiger partial charge in [-0.1, -0.05) is 20.8 Å². The standard InChI is InChI=1S/C37H45NO14/c1-13-21(48-8)9-10-49-37(7)34(46)24-22-23(28(43)16(4)32(24)52-37)33-25(30(45)29(22)44)38-35(47)36(6,51-33)12-20(40)18-11-19(18)27(42)14(2)26(41)15(3)31(13)50-17(5)39/h9-10,13-15,18-19,21,26-27,31,41-45H,11-12H2,1-8H3,(H,38,47)/b10-9-/t13-,14+,15-,18-,19+,21+,26-,27-,31-,36+,37+/m1/s1. The first-order valence-corrected chi connectivity index (χ1v) is 17.2. The summed E-state index contributed by atoms with van der Waals surface area (Å²) in [6.07, 6.45) is -1.60. The van der Waals surface area contributed by atoms with Crippen molar-refractivity contribution in [1.29, 1.82) is 0 Å². The van der Waals surface area contributed by atoms with Crippen molar-refractivity contribution in [3.8, 4) is 28.7 Å². The van der Waals surface area contributed by atoms with E-state index in [9.17, 15) is 44.7 Å². The summed E-state index contributed by atoms with van der Waals surface area (Å²) in [7, 11) is 1.41. The topological polar surface area (TPSA) is 228 Å². The smallest absolute Gasteiger partial charge is 0.312 e. The van der Waals surface area contributed by atoms with Crippen LogP contribution in [-0.4, -0.2) is 91.9 Å². The predicted molar refractivity (Wildman–Crippen MR) is 182 cm³/mol. The van der Waals surface area contributed by atoms with Gasteiger partial charge in [-0.15, -0.1) is 0 Å². The van der Waals surface area contributed by atoms with Crippen LogP contribution in [0.5, 0.6) is 28.7 Å². The second-order valence-corrected chi connectivity index (χ2v) is 14.9. The van der Waals surface area contributed by atoms with Crippen LogP contribution in [0.15, 0.2) is 12.3 Å². The first-order valence-electron chi connectivity index (χ1n) is 17.2. The molecule has 15 heteroatoms. The Balaban J connectivity index is 1.50. The number of Topliss-reactive ketones (excluding diaryl/α,β-unsaturated/α-hetero) is 2. The van der Waals surface area contributed by atoms with Crippen LogP contribution in [0, 0.1) is 36.5 Å². The van der Waals surface area contributed by atoms with E-state index in [0.717, 1.165) is 0 Å². The number of nitrogens with one attached hydrogen (secondary N) is 1. The first-order chi connectivity index (χ1) is 24.3. The molecule has 0 radical (unpaired) electrons. The molecule has 4 aliphatic rings. The van der Waals surface area contributed by atoms with Gasteiger partial charge in [0.1, 0.15) is 29.1 Å². The van der Waals surface area contributed by atoms with Crippen molar-refractivity contribution in [3.63, 3.8) is 0 Å². The Morgan fingerprint density at radius 1 is 0.923 bits per heavy atom. The van der Waals surface area contributed by atoms with Gasteiger partial charge in [0.15, 0.2) is 22.8 Å². The third-order valence-electron chi connectivity index (χ3n) is 11.3. The maximum atomic E-state index is 14.2. The number of methoxy groups -OCH3 is 1. The lowest BCUT2D eigenvalue weighted by atomic mass is 9.79. The molecule has 2 aromatic carbocycles. The number of phenolic OH excluding ortho intramolecular Hbond substituents is 3. The van der Waals surface area contributed by atoms with Gasteiger partial charge in [-0.3, -0.25) is 19.2 Å². The summed E-state index contributed by atoms with van der Waals surface area (Å²) in [5.74, 6) is -10.6. The van der Waals surface area contributed by atoms with E-state index in [0.29, 0.717) is 0 Å². The van der Waals surface area contributed by atoms with Gasteiger partial charge >= 0.3 is 11.8 Å². The highest BCUT2D eigenvalue weighted by molar-refractivity contribution is 6.23. The molecule has 6 bridgehead atoms. The number of rotatable bonds is 2. The fraction of sp³-hybridized carbons (Fsp3) is 0.568. The Hall–Kier alpha value is -4.60. The summed E-state index contributed by atoms with van der Waals surface area (Å²) < 4.78 is 29.4. The Kier molecular flexibility index (Phi) is 9.16. The number of anilines is 1. The molecule has 3 heterocycles. The number of carbonyl (C=O) groups excluding carboxylic acids is 4. The lowest BCUT2D eigenvalue weighted by Gasteiger charge is -2.37. The molecule has 6 rings (SSSR count). The summed E-state index contributed by atoms with van der Waals surface area (Å²) in [6, 6.07) is 0. The van der Waals surface area contributed by atoms with Gasteiger partial charge in [0.25, 0.3) is 11.7 Å². The van der Waals surface area contributed by atoms with Crippen LogP contribution in [-0.2, 0) is 28.6 Å². The highest BCUT2D eigenvalue weighted by atomic mass is 16.7. The molecule has 1 aliphatic carbocycles. The molecule has 1 fully saturated rings. The molecule has 1 saturated carbocycles. The second kappa shape index (κ2) is 12.8. The van der Waals surface area contributed by atoms with Gasteiger partial charge in [0, 0.05) is 55.6 Å². The number of hydrogen-bond donors (Lipinski definition) is 6. The van der Waals surface area contributed by atoms with Crippen molar-refractivity contribution in [1.82, 2.24) is 0 Å². The van der Waals surface area contributed by atoms with Crippen molar-refractivity contribution < 1.29 is 68.4 Å². The fourth-order valence-corrected chi connectivity index (χ4v) is 7.99. The van der Waals surface area contributed by atoms with Crippen LogP contribution in [0.25, 0.3) is 10.8 Å². The number of benzene rings is 2. The van der Waals surface area contributed by atoms with Gasteiger partial charge < -0.3 is 54.5 Å². The molecule has 15 nitrogen and oxygen atoms in total. The Morgan fingerprint density at radius 2 is 1.60 bits per heavy atom. The average molecular weight is 728 g/mol. The molecule has 0 spiro atoms. The van der Waals surface area contributed by atoms with Gasteiger partial charge in [-0.05, 0) is 32.3 Å². The number of esters is 1. The fourth-order valence-electron chi connectivity index (χ4n) is 7.99. The molecule has 282 valence electrons. The van der Waals surface area contributed by atoms with E-state index >= 15 is 0 Å². The SMILES string of the molecule is CO[C@H]1/C=C\O[C@@]2(C)Oc3c(C)c(O)c4c5c(c(O)c(O)c4c3C2=O)NC(=O)[C@](C)(CC(=O)[C@@H]2C[C@@H]2[C@H](O)[C@@H](C)[C@@H](O)[C@@H](C)[C@H](OC(C)=O)[C@@H]1C)O5. The van der Waals surface area contributed by atoms with Crippen molar-refractivity contribution >= 4 is 39.9 Å². The lowest BCUT2D eigenvalue weighted by Crippen LogP contribution is -2.50. The molecule has 0 unspecified atom stereocenters. The number of aromatic hydroxyl groups is 3. The number of amides is 1. The zero-order chi connectivity index (χ0) is 38.4. The molecular weight excluding hydrogens is 682 g/mol. The molecule has 2 aromatic rings. The van der Waals surface area contributed by atoms with Crippen LogP contribution in [0.2, 0.25) is 0 Å². The Labute approximate surface area is 299 Å². The van der Waals surface area contributed by atoms with Crippen molar-refractivity contribution in [2.75, 3.05) is 12.4 Å². The predicted octanol–water partition coefficient (Wildman–Crippen LogP) is 3.36. The molecule has 6 N–H and O–H groups in total. The maximum absolute atomic E-state index is 14.2. The largest absolute Gasteiger partial charge is 0.507 e. The number of aliphatic hydroxyl groups is 2. The van der Waals surface area contributed by atoms with Crippen LogP contribution in [0.1, 0.15) is 70.3 Å². The van der Waals surface area contributed by atoms with E-state index in [4.69, 9.17) is 23.7 Å². The third kappa shape index (κ3) is 5.69. The summed E-state index contributed by atoms with van der Waals surface area (Å²) in [5.41, 5.74) is -2.44. The molecule has 1 amide bonds. The van der Waals surface area contributed by atoms with Crippen LogP contribution >= 0.6 is 0 Å². The quantitative estimate of drug-likeness (QED) is 0.193. The first kappa shape index (κ1) is 37.2. The molecule has 0 aromatic heterocycles. The molecular formula is C37H45NO14. The summed E-state index contributed by atoms with van der Waals surface area (Å²) in [5, 5.41) is 58.7.